The molecule has 0 saturated heterocycles. The maximum atomic E-state index is 14.3. The van der Waals surface area contributed by atoms with Gasteiger partial charge in [-0.25, -0.2) is 14.2 Å². The lowest BCUT2D eigenvalue weighted by Crippen LogP contribution is -2.28. The fourth-order valence-corrected chi connectivity index (χ4v) is 3.44. The summed E-state index contributed by atoms with van der Waals surface area (Å²) in [7, 11) is 0. The van der Waals surface area contributed by atoms with Gasteiger partial charge in [0.05, 0.1) is 12.1 Å². The van der Waals surface area contributed by atoms with Crippen molar-refractivity contribution < 1.29 is 4.39 Å². The average molecular weight is 385 g/mol. The maximum Gasteiger partial charge on any atom is 0.351 e. The molecule has 138 valence electrons. The molecule has 0 aliphatic rings. The Morgan fingerprint density at radius 2 is 1.96 bits per heavy atom. The Hall–Kier alpha value is -2.73. The average Bonchev–Trinajstić information content (AvgIpc) is 3.10. The molecule has 0 atom stereocenters. The molecular formula is C20H18ClFN4O. The van der Waals surface area contributed by atoms with Crippen molar-refractivity contribution in [2.75, 3.05) is 0 Å². The SMILES string of the molecule is CCCCc1nc2c3ccccc3n(Cc3c(F)cccc3Cl)c(=O)n2n1. The Balaban J connectivity index is 1.96. The zero-order valence-corrected chi connectivity index (χ0v) is 15.6. The molecule has 0 radical (unpaired) electrons. The molecule has 5 nitrogen and oxygen atoms in total. The highest BCUT2D eigenvalue weighted by Crippen LogP contribution is 2.23. The second kappa shape index (κ2) is 7.12. The van der Waals surface area contributed by atoms with Crippen LogP contribution in [0.3, 0.4) is 0 Å². The van der Waals surface area contributed by atoms with E-state index in [1.807, 2.05) is 24.3 Å². The number of rotatable bonds is 5. The fraction of sp³-hybridized carbons (Fsp3) is 0.250. The van der Waals surface area contributed by atoms with Crippen LogP contribution in [0.5, 0.6) is 0 Å². The molecule has 2 aromatic heterocycles. The second-order valence-corrected chi connectivity index (χ2v) is 6.86. The van der Waals surface area contributed by atoms with Crippen molar-refractivity contribution in [2.45, 2.75) is 32.7 Å². The Morgan fingerprint density at radius 1 is 1.15 bits per heavy atom. The largest absolute Gasteiger partial charge is 0.351 e. The van der Waals surface area contributed by atoms with Crippen LogP contribution in [0.2, 0.25) is 5.02 Å². The molecule has 2 heterocycles. The van der Waals surface area contributed by atoms with Crippen molar-refractivity contribution in [1.82, 2.24) is 19.2 Å². The molecule has 0 fully saturated rings. The Kier molecular flexibility index (Phi) is 4.66. The number of fused-ring (bicyclic) bond motifs is 3. The van der Waals surface area contributed by atoms with Gasteiger partial charge in [0.2, 0.25) is 0 Å². The predicted octanol–water partition coefficient (Wildman–Crippen LogP) is 4.23. The van der Waals surface area contributed by atoms with Crippen LogP contribution < -0.4 is 5.69 Å². The Labute approximate surface area is 160 Å². The van der Waals surface area contributed by atoms with Gasteiger partial charge in [0.25, 0.3) is 0 Å². The highest BCUT2D eigenvalue weighted by Gasteiger charge is 2.17. The topological polar surface area (TPSA) is 52.2 Å². The first-order chi connectivity index (χ1) is 13.1. The third-order valence-electron chi connectivity index (χ3n) is 4.63. The van der Waals surface area contributed by atoms with Crippen LogP contribution in [0, 0.1) is 5.82 Å². The van der Waals surface area contributed by atoms with E-state index in [1.54, 1.807) is 12.1 Å². The van der Waals surface area contributed by atoms with Crippen LogP contribution in [0.25, 0.3) is 16.6 Å². The first-order valence-corrected chi connectivity index (χ1v) is 9.28. The van der Waals surface area contributed by atoms with Gasteiger partial charge in [0.15, 0.2) is 11.5 Å². The van der Waals surface area contributed by atoms with E-state index < -0.39 is 5.82 Å². The number of hydrogen-bond donors (Lipinski definition) is 0. The van der Waals surface area contributed by atoms with Crippen molar-refractivity contribution in [3.63, 3.8) is 0 Å². The van der Waals surface area contributed by atoms with Gasteiger partial charge in [0, 0.05) is 22.4 Å². The van der Waals surface area contributed by atoms with Crippen LogP contribution in [0.15, 0.2) is 47.3 Å². The van der Waals surface area contributed by atoms with Gasteiger partial charge in [-0.15, -0.1) is 5.10 Å². The van der Waals surface area contributed by atoms with Gasteiger partial charge in [0.1, 0.15) is 5.82 Å². The molecule has 0 aliphatic carbocycles. The molecule has 0 bridgehead atoms. The minimum absolute atomic E-state index is 0.0188. The van der Waals surface area contributed by atoms with E-state index in [4.69, 9.17) is 11.6 Å². The number of nitrogens with zero attached hydrogens (tertiary/aromatic N) is 4. The van der Waals surface area contributed by atoms with E-state index in [0.717, 1.165) is 18.2 Å². The summed E-state index contributed by atoms with van der Waals surface area (Å²) in [5.74, 6) is 0.196. The van der Waals surface area contributed by atoms with Gasteiger partial charge in [-0.05, 0) is 30.7 Å². The van der Waals surface area contributed by atoms with E-state index in [9.17, 15) is 9.18 Å². The van der Waals surface area contributed by atoms with Gasteiger partial charge in [-0.2, -0.15) is 4.52 Å². The number of aromatic nitrogens is 4. The lowest BCUT2D eigenvalue weighted by Gasteiger charge is -2.12. The number of halogens is 2. The van der Waals surface area contributed by atoms with Gasteiger partial charge >= 0.3 is 5.69 Å². The highest BCUT2D eigenvalue weighted by atomic mass is 35.5. The van der Waals surface area contributed by atoms with Crippen molar-refractivity contribution >= 4 is 28.2 Å². The number of hydrogen-bond acceptors (Lipinski definition) is 3. The van der Waals surface area contributed by atoms with Gasteiger partial charge in [-0.3, -0.25) is 4.57 Å². The molecule has 0 unspecified atom stereocenters. The standard InChI is InChI=1S/C20H18ClFN4O/c1-2-3-11-18-23-19-13-7-4-5-10-17(13)25(20(27)26(19)24-18)12-14-15(21)8-6-9-16(14)22/h4-10H,2-3,11-12H2,1H3. The summed E-state index contributed by atoms with van der Waals surface area (Å²) >= 11 is 6.17. The summed E-state index contributed by atoms with van der Waals surface area (Å²) in [6, 6.07) is 11.9. The number of para-hydroxylation sites is 1. The molecule has 4 rings (SSSR count). The number of aryl methyl sites for hydroxylation is 1. The molecule has 7 heteroatoms. The van der Waals surface area contributed by atoms with Crippen LogP contribution in [-0.2, 0) is 13.0 Å². The van der Waals surface area contributed by atoms with Crippen LogP contribution in [0.4, 0.5) is 4.39 Å². The summed E-state index contributed by atoms with van der Waals surface area (Å²) in [6.07, 6.45) is 2.69. The molecule has 27 heavy (non-hydrogen) atoms. The normalized spacial score (nSPS) is 11.5. The zero-order chi connectivity index (χ0) is 19.0. The number of unbranched alkanes of at least 4 members (excludes halogenated alkanes) is 1. The van der Waals surface area contributed by atoms with E-state index in [2.05, 4.69) is 17.0 Å². The molecule has 0 aliphatic heterocycles. The molecule has 0 amide bonds. The summed E-state index contributed by atoms with van der Waals surface area (Å²) in [4.78, 5) is 17.7. The van der Waals surface area contributed by atoms with Crippen molar-refractivity contribution in [3.05, 3.63) is 75.2 Å². The van der Waals surface area contributed by atoms with Crippen molar-refractivity contribution in [3.8, 4) is 0 Å². The van der Waals surface area contributed by atoms with E-state index in [1.165, 1.54) is 15.1 Å². The summed E-state index contributed by atoms with van der Waals surface area (Å²) in [5, 5.41) is 5.47. The molecule has 4 aromatic rings. The van der Waals surface area contributed by atoms with E-state index >= 15 is 0 Å². The number of benzene rings is 2. The molecule has 2 aromatic carbocycles. The Morgan fingerprint density at radius 3 is 2.74 bits per heavy atom. The van der Waals surface area contributed by atoms with Crippen molar-refractivity contribution in [1.29, 1.82) is 0 Å². The van der Waals surface area contributed by atoms with E-state index in [0.29, 0.717) is 23.4 Å². The Bertz CT molecular complexity index is 1180. The quantitative estimate of drug-likeness (QED) is 0.517. The van der Waals surface area contributed by atoms with E-state index in [-0.39, 0.29) is 22.8 Å². The van der Waals surface area contributed by atoms with Gasteiger partial charge in [-0.1, -0.05) is 43.1 Å². The first kappa shape index (κ1) is 17.7. The van der Waals surface area contributed by atoms with Crippen LogP contribution >= 0.6 is 11.6 Å². The third-order valence-corrected chi connectivity index (χ3v) is 4.98. The monoisotopic (exact) mass is 384 g/mol. The third kappa shape index (κ3) is 3.10. The van der Waals surface area contributed by atoms with Crippen LogP contribution in [0.1, 0.15) is 31.2 Å². The molecule has 0 saturated carbocycles. The fourth-order valence-electron chi connectivity index (χ4n) is 3.21. The lowest BCUT2D eigenvalue weighted by atomic mass is 10.2. The smallest absolute Gasteiger partial charge is 0.287 e. The van der Waals surface area contributed by atoms with Crippen molar-refractivity contribution in [2.24, 2.45) is 0 Å². The van der Waals surface area contributed by atoms with Crippen LogP contribution in [-0.4, -0.2) is 19.2 Å². The summed E-state index contributed by atoms with van der Waals surface area (Å²) < 4.78 is 17.1. The second-order valence-electron chi connectivity index (χ2n) is 6.45. The predicted molar refractivity (Wildman–Crippen MR) is 104 cm³/mol. The molecular weight excluding hydrogens is 367 g/mol. The summed E-state index contributed by atoms with van der Waals surface area (Å²) in [6.45, 7) is 2.11. The minimum atomic E-state index is -0.444. The zero-order valence-electron chi connectivity index (χ0n) is 14.8. The first-order valence-electron chi connectivity index (χ1n) is 8.90. The molecule has 0 N–H and O–H groups in total. The lowest BCUT2D eigenvalue weighted by molar-refractivity contribution is 0.594. The highest BCUT2D eigenvalue weighted by molar-refractivity contribution is 6.31. The van der Waals surface area contributed by atoms with Gasteiger partial charge < -0.3 is 0 Å². The molecule has 0 spiro atoms. The summed E-state index contributed by atoms with van der Waals surface area (Å²) in [5.41, 5.74) is 1.11. The minimum Gasteiger partial charge on any atom is -0.287 e. The maximum absolute atomic E-state index is 14.3.